The van der Waals surface area contributed by atoms with Crippen LogP contribution in [-0.2, 0) is 6.54 Å². The zero-order chi connectivity index (χ0) is 22.2. The monoisotopic (exact) mass is 474 g/mol. The molecule has 0 aliphatic rings. The van der Waals surface area contributed by atoms with Gasteiger partial charge in [-0.3, -0.25) is 4.98 Å². The Hall–Kier alpha value is -2.47. The van der Waals surface area contributed by atoms with E-state index >= 15 is 0 Å². The van der Waals surface area contributed by atoms with Crippen LogP contribution >= 0.6 is 36.0 Å². The molecule has 0 aliphatic carbocycles. The lowest BCUT2D eigenvalue weighted by Crippen LogP contribution is -2.25. The van der Waals surface area contributed by atoms with E-state index in [1.54, 1.807) is 23.6 Å². The molecule has 1 heterocycles. The summed E-state index contributed by atoms with van der Waals surface area (Å²) in [5, 5.41) is 9.67. The number of hydrogen-bond acceptors (Lipinski definition) is 7. The van der Waals surface area contributed by atoms with Crippen molar-refractivity contribution in [2.45, 2.75) is 6.54 Å². The summed E-state index contributed by atoms with van der Waals surface area (Å²) in [6.45, 7) is 0.853. The maximum Gasteiger partial charge on any atom is 0.155 e. The molecule has 0 saturated heterocycles. The highest BCUT2D eigenvalue weighted by Crippen LogP contribution is 2.35. The average molecular weight is 475 g/mol. The second-order valence-corrected chi connectivity index (χ2v) is 7.84. The molecule has 1 N–H and O–H groups in total. The van der Waals surface area contributed by atoms with Crippen molar-refractivity contribution < 1.29 is 9.47 Å². The molecule has 0 unspecified atom stereocenters. The van der Waals surface area contributed by atoms with Gasteiger partial charge in [-0.05, 0) is 23.8 Å². The third-order valence-electron chi connectivity index (χ3n) is 4.20. The summed E-state index contributed by atoms with van der Waals surface area (Å²) in [4.78, 5) is 4.46. The largest absolute Gasteiger partial charge is 0.489 e. The minimum atomic E-state index is 0.260. The fraction of sp³-hybridized carbons (Fsp3) is 0.182. The van der Waals surface area contributed by atoms with Gasteiger partial charge in [-0.2, -0.15) is 9.68 Å². The Morgan fingerprint density at radius 3 is 2.48 bits per heavy atom. The summed E-state index contributed by atoms with van der Waals surface area (Å²) in [6.07, 6.45) is 1.82. The number of hydrogen-bond donors (Lipinski definition) is 2. The van der Waals surface area contributed by atoms with Crippen LogP contribution in [-0.4, -0.2) is 28.9 Å². The molecule has 31 heavy (non-hydrogen) atoms. The van der Waals surface area contributed by atoms with Crippen molar-refractivity contribution in [3.8, 4) is 34.4 Å². The van der Waals surface area contributed by atoms with Crippen LogP contribution in [0.4, 0.5) is 0 Å². The first kappa shape index (κ1) is 23.2. The number of benzene rings is 2. The molecule has 0 spiro atoms. The molecule has 9 heteroatoms. The molecule has 0 aliphatic heterocycles. The molecule has 0 saturated carbocycles. The van der Waals surface area contributed by atoms with Crippen LogP contribution in [0, 0.1) is 11.3 Å². The van der Waals surface area contributed by atoms with Crippen LogP contribution in [0.25, 0.3) is 11.1 Å². The van der Waals surface area contributed by atoms with E-state index in [0.717, 1.165) is 16.8 Å². The molecule has 6 nitrogen and oxygen atoms in total. The summed E-state index contributed by atoms with van der Waals surface area (Å²) >= 11 is 16.0. The topological polar surface area (TPSA) is 70.4 Å². The van der Waals surface area contributed by atoms with Gasteiger partial charge in [0.15, 0.2) is 5.75 Å². The highest BCUT2D eigenvalue weighted by molar-refractivity contribution is 7.77. The zero-order valence-corrected chi connectivity index (χ0v) is 19.1. The first-order valence-corrected chi connectivity index (χ1v) is 10.6. The summed E-state index contributed by atoms with van der Waals surface area (Å²) in [6, 6.07) is 16.8. The van der Waals surface area contributed by atoms with Crippen molar-refractivity contribution in [1.29, 1.82) is 5.26 Å². The van der Waals surface area contributed by atoms with Crippen LogP contribution in [0.15, 0.2) is 54.7 Å². The third kappa shape index (κ3) is 6.50. The van der Waals surface area contributed by atoms with Crippen LogP contribution < -0.4 is 14.9 Å². The molecule has 3 rings (SSSR count). The average Bonchev–Trinajstić information content (AvgIpc) is 2.77. The van der Waals surface area contributed by atoms with Crippen molar-refractivity contribution >= 4 is 36.0 Å². The molecule has 160 valence electrons. The Morgan fingerprint density at radius 1 is 1.13 bits per heavy atom. The zero-order valence-electron chi connectivity index (χ0n) is 16.7. The van der Waals surface area contributed by atoms with Crippen molar-refractivity contribution in [2.75, 3.05) is 19.5 Å². The third-order valence-corrected chi connectivity index (χ3v) is 4.77. The molecule has 1 aromatic heterocycles. The second-order valence-electron chi connectivity index (χ2n) is 6.45. The Kier molecular flexibility index (Phi) is 8.41. The van der Waals surface area contributed by atoms with Gasteiger partial charge in [-0.1, -0.05) is 42.6 Å². The van der Waals surface area contributed by atoms with Gasteiger partial charge in [0, 0.05) is 30.9 Å². The van der Waals surface area contributed by atoms with E-state index in [1.807, 2.05) is 42.6 Å². The number of pyridine rings is 1. The summed E-state index contributed by atoms with van der Waals surface area (Å²) < 4.78 is 12.9. The van der Waals surface area contributed by atoms with Crippen molar-refractivity contribution in [3.05, 3.63) is 71.0 Å². The lowest BCUT2D eigenvalue weighted by atomic mass is 10.1. The lowest BCUT2D eigenvalue weighted by Gasteiger charge is -2.12. The Labute approximate surface area is 196 Å². The number of aromatic nitrogens is 1. The number of alkyl halides is 1. The second kappa shape index (κ2) is 11.2. The van der Waals surface area contributed by atoms with Gasteiger partial charge < -0.3 is 9.47 Å². The highest BCUT2D eigenvalue weighted by atomic mass is 35.5. The number of thiol groups is 1. The van der Waals surface area contributed by atoms with Gasteiger partial charge >= 0.3 is 0 Å². The quantitative estimate of drug-likeness (QED) is 0.243. The fourth-order valence-electron chi connectivity index (χ4n) is 2.74. The van der Waals surface area contributed by atoms with E-state index in [1.165, 1.54) is 0 Å². The molecule has 0 bridgehead atoms. The molecule has 2 aromatic carbocycles. The maximum atomic E-state index is 9.38. The van der Waals surface area contributed by atoms with Gasteiger partial charge in [-0.25, -0.2) is 5.43 Å². The number of hydrazine groups is 1. The molecular weight excluding hydrogens is 455 g/mol. The Bertz CT molecular complexity index is 1050. The SMILES string of the molecule is CN(S)NCc1ccc(-c2ccc(Oc3cc(Cl)c(OCCCl)c(C#N)c3)cc2)cn1. The molecule has 0 radical (unpaired) electrons. The minimum absolute atomic E-state index is 0.260. The fourth-order valence-corrected chi connectivity index (χ4v) is 3.16. The maximum absolute atomic E-state index is 9.38. The van der Waals surface area contributed by atoms with Crippen molar-refractivity contribution in [2.24, 2.45) is 0 Å². The van der Waals surface area contributed by atoms with Crippen molar-refractivity contribution in [3.63, 3.8) is 0 Å². The molecular formula is C22H20Cl2N4O2S. The number of ether oxygens (including phenoxy) is 2. The molecule has 0 amide bonds. The Balaban J connectivity index is 1.71. The van der Waals surface area contributed by atoms with E-state index in [0.29, 0.717) is 34.7 Å². The number of nitrogens with one attached hydrogen (secondary N) is 1. The van der Waals surface area contributed by atoms with Gasteiger partial charge in [0.1, 0.15) is 24.2 Å². The van der Waals surface area contributed by atoms with E-state index in [4.69, 9.17) is 32.7 Å². The number of nitriles is 1. The smallest absolute Gasteiger partial charge is 0.155 e. The first-order chi connectivity index (χ1) is 15.0. The summed E-state index contributed by atoms with van der Waals surface area (Å²) in [5.74, 6) is 1.66. The molecule has 0 fully saturated rings. The van der Waals surface area contributed by atoms with Gasteiger partial charge in [0.25, 0.3) is 0 Å². The number of rotatable bonds is 9. The lowest BCUT2D eigenvalue weighted by molar-refractivity contribution is 0.341. The standard InChI is InChI=1S/C22H20Cl2N4O2S/c1-28(31)27-14-18-5-2-16(13-26-18)15-3-6-19(7-4-15)30-20-10-17(12-25)22(21(24)11-20)29-9-8-23/h2-7,10-11,13,27,31H,8-9,14H2,1H3. The summed E-state index contributed by atoms with van der Waals surface area (Å²) in [5.41, 5.74) is 6.25. The highest BCUT2D eigenvalue weighted by Gasteiger charge is 2.12. The predicted molar refractivity (Wildman–Crippen MR) is 126 cm³/mol. The predicted octanol–water partition coefficient (Wildman–Crippen LogP) is 5.46. The molecule has 0 atom stereocenters. The summed E-state index contributed by atoms with van der Waals surface area (Å²) in [7, 11) is 1.81. The van der Waals surface area contributed by atoms with Gasteiger partial charge in [-0.15, -0.1) is 11.6 Å². The van der Waals surface area contributed by atoms with Crippen LogP contribution in [0.3, 0.4) is 0 Å². The van der Waals surface area contributed by atoms with E-state index in [-0.39, 0.29) is 12.2 Å². The number of halogens is 2. The van der Waals surface area contributed by atoms with E-state index < -0.39 is 0 Å². The van der Waals surface area contributed by atoms with Crippen LogP contribution in [0.1, 0.15) is 11.3 Å². The molecule has 3 aromatic rings. The normalized spacial score (nSPS) is 10.7. The van der Waals surface area contributed by atoms with E-state index in [9.17, 15) is 5.26 Å². The van der Waals surface area contributed by atoms with Gasteiger partial charge in [0.05, 0.1) is 28.7 Å². The first-order valence-electron chi connectivity index (χ1n) is 9.32. The van der Waals surface area contributed by atoms with E-state index in [2.05, 4.69) is 29.3 Å². The van der Waals surface area contributed by atoms with Crippen LogP contribution in [0.5, 0.6) is 17.2 Å². The number of nitrogens with zero attached hydrogens (tertiary/aromatic N) is 3. The van der Waals surface area contributed by atoms with Crippen LogP contribution in [0.2, 0.25) is 5.02 Å². The van der Waals surface area contributed by atoms with Gasteiger partial charge in [0.2, 0.25) is 0 Å². The minimum Gasteiger partial charge on any atom is -0.489 e. The Morgan fingerprint density at radius 2 is 1.87 bits per heavy atom. The van der Waals surface area contributed by atoms with Crippen molar-refractivity contribution in [1.82, 2.24) is 14.8 Å².